The lowest BCUT2D eigenvalue weighted by Crippen LogP contribution is -2.37. The fourth-order valence-corrected chi connectivity index (χ4v) is 2.35. The van der Waals surface area contributed by atoms with Crippen LogP contribution in [0.25, 0.3) is 0 Å². The van der Waals surface area contributed by atoms with Gasteiger partial charge in [-0.1, -0.05) is 13.8 Å². The van der Waals surface area contributed by atoms with Gasteiger partial charge in [-0.2, -0.15) is 5.10 Å². The summed E-state index contributed by atoms with van der Waals surface area (Å²) in [5, 5.41) is 17.0. The summed E-state index contributed by atoms with van der Waals surface area (Å²) >= 11 is 0. The van der Waals surface area contributed by atoms with Crippen molar-refractivity contribution < 1.29 is 9.90 Å². The molecule has 0 aliphatic carbocycles. The maximum atomic E-state index is 12.0. The molecule has 1 amide bonds. The molecule has 5 heteroatoms. The third-order valence-electron chi connectivity index (χ3n) is 3.56. The Bertz CT molecular complexity index is 421. The molecule has 0 aliphatic heterocycles. The van der Waals surface area contributed by atoms with Crippen LogP contribution in [0.4, 0.5) is 0 Å². The molecule has 0 unspecified atom stereocenters. The first-order valence-electron chi connectivity index (χ1n) is 7.26. The summed E-state index contributed by atoms with van der Waals surface area (Å²) in [6, 6.07) is 0. The van der Waals surface area contributed by atoms with Crippen LogP contribution in [0.3, 0.4) is 0 Å². The van der Waals surface area contributed by atoms with Crippen LogP contribution < -0.4 is 0 Å². The highest BCUT2D eigenvalue weighted by Crippen LogP contribution is 2.12. The Labute approximate surface area is 121 Å². The lowest BCUT2D eigenvalue weighted by Gasteiger charge is -2.21. The minimum atomic E-state index is -0.877. The molecule has 1 aromatic heterocycles. The molecule has 0 bridgehead atoms. The Kier molecular flexibility index (Phi) is 6.20. The number of nitrogens with one attached hydrogen (secondary N) is 1. The van der Waals surface area contributed by atoms with E-state index in [0.29, 0.717) is 18.9 Å². The Morgan fingerprint density at radius 3 is 2.55 bits per heavy atom. The molecule has 114 valence electrons. The number of hydrogen-bond acceptors (Lipinski definition) is 3. The Hall–Kier alpha value is -1.36. The second-order valence-corrected chi connectivity index (χ2v) is 5.92. The van der Waals surface area contributed by atoms with Gasteiger partial charge in [0.2, 0.25) is 0 Å². The number of H-pyrrole nitrogens is 1. The van der Waals surface area contributed by atoms with Gasteiger partial charge in [0.15, 0.2) is 0 Å². The van der Waals surface area contributed by atoms with Crippen molar-refractivity contribution in [3.63, 3.8) is 0 Å². The number of likely N-dealkylation sites (N-methyl/N-ethyl adjacent to an activating group) is 1. The number of carbonyl (C=O) groups excluding carboxylic acids is 1. The molecule has 0 fully saturated rings. The number of hydrogen-bond donors (Lipinski definition) is 2. The number of aliphatic hydroxyl groups excluding tert-OH is 1. The maximum Gasteiger partial charge on any atom is 0.251 e. The van der Waals surface area contributed by atoms with Gasteiger partial charge in [-0.3, -0.25) is 9.89 Å². The minimum absolute atomic E-state index is 0.181. The zero-order valence-corrected chi connectivity index (χ0v) is 13.2. The van der Waals surface area contributed by atoms with Gasteiger partial charge in [-0.05, 0) is 44.6 Å². The van der Waals surface area contributed by atoms with Gasteiger partial charge in [-0.25, -0.2) is 0 Å². The molecule has 0 aromatic carbocycles. The van der Waals surface area contributed by atoms with Gasteiger partial charge in [0.1, 0.15) is 6.10 Å². The monoisotopic (exact) mass is 281 g/mol. The molecule has 1 rings (SSSR count). The summed E-state index contributed by atoms with van der Waals surface area (Å²) in [6.07, 6.45) is 1.41. The van der Waals surface area contributed by atoms with Crippen LogP contribution in [0.5, 0.6) is 0 Å². The molecule has 0 spiro atoms. The first-order chi connectivity index (χ1) is 9.32. The van der Waals surface area contributed by atoms with Gasteiger partial charge < -0.3 is 10.0 Å². The molecule has 5 nitrogen and oxygen atoms in total. The average Bonchev–Trinajstić information content (AvgIpc) is 2.68. The quantitative estimate of drug-likeness (QED) is 0.801. The van der Waals surface area contributed by atoms with Crippen LogP contribution in [0.15, 0.2) is 0 Å². The predicted molar refractivity (Wildman–Crippen MR) is 79.5 cm³/mol. The minimum Gasteiger partial charge on any atom is -0.383 e. The van der Waals surface area contributed by atoms with E-state index in [1.807, 2.05) is 27.7 Å². The molecular formula is C15H27N3O2. The molecule has 1 heterocycles. The van der Waals surface area contributed by atoms with E-state index in [1.165, 1.54) is 5.56 Å². The fourth-order valence-electron chi connectivity index (χ4n) is 2.35. The lowest BCUT2D eigenvalue weighted by molar-refractivity contribution is -0.139. The number of aromatic nitrogens is 2. The number of aryl methyl sites for hydroxylation is 2. The van der Waals surface area contributed by atoms with E-state index >= 15 is 0 Å². The van der Waals surface area contributed by atoms with Crippen molar-refractivity contribution in [2.75, 3.05) is 13.6 Å². The van der Waals surface area contributed by atoms with Gasteiger partial charge in [0.25, 0.3) is 5.91 Å². The van der Waals surface area contributed by atoms with Crippen LogP contribution >= 0.6 is 0 Å². The summed E-state index contributed by atoms with van der Waals surface area (Å²) in [5.74, 6) is 0.137. The molecule has 20 heavy (non-hydrogen) atoms. The molecule has 0 saturated heterocycles. The van der Waals surface area contributed by atoms with E-state index in [-0.39, 0.29) is 5.91 Å². The molecule has 1 atom stereocenters. The zero-order valence-electron chi connectivity index (χ0n) is 13.2. The van der Waals surface area contributed by atoms with Crippen molar-refractivity contribution >= 4 is 5.91 Å². The Morgan fingerprint density at radius 2 is 2.05 bits per heavy atom. The van der Waals surface area contributed by atoms with Crippen molar-refractivity contribution in [2.24, 2.45) is 5.92 Å². The van der Waals surface area contributed by atoms with Gasteiger partial charge >= 0.3 is 0 Å². The number of aromatic amines is 1. The van der Waals surface area contributed by atoms with E-state index < -0.39 is 6.10 Å². The molecular weight excluding hydrogens is 254 g/mol. The number of rotatable bonds is 7. The van der Waals surface area contributed by atoms with Crippen LogP contribution in [-0.2, 0) is 11.2 Å². The van der Waals surface area contributed by atoms with Crippen LogP contribution in [0.2, 0.25) is 0 Å². The third kappa shape index (κ3) is 4.63. The molecule has 0 saturated carbocycles. The smallest absolute Gasteiger partial charge is 0.251 e. The van der Waals surface area contributed by atoms with Crippen molar-refractivity contribution in [1.29, 1.82) is 0 Å². The highest BCUT2D eigenvalue weighted by atomic mass is 16.3. The zero-order chi connectivity index (χ0) is 15.3. The van der Waals surface area contributed by atoms with Crippen molar-refractivity contribution in [2.45, 2.75) is 53.1 Å². The number of carbonyl (C=O) groups is 1. The summed E-state index contributed by atoms with van der Waals surface area (Å²) in [4.78, 5) is 13.6. The maximum absolute atomic E-state index is 12.0. The fraction of sp³-hybridized carbons (Fsp3) is 0.733. The summed E-state index contributed by atoms with van der Waals surface area (Å²) in [6.45, 7) is 8.65. The second kappa shape index (κ2) is 7.43. The molecule has 0 radical (unpaired) electrons. The first-order valence-corrected chi connectivity index (χ1v) is 7.26. The van der Waals surface area contributed by atoms with Crippen molar-refractivity contribution in [3.8, 4) is 0 Å². The average molecular weight is 281 g/mol. The van der Waals surface area contributed by atoms with Gasteiger partial charge in [-0.15, -0.1) is 0 Å². The Balaban J connectivity index is 2.40. The molecule has 0 aliphatic rings. The van der Waals surface area contributed by atoms with Crippen LogP contribution in [-0.4, -0.2) is 45.8 Å². The topological polar surface area (TPSA) is 69.2 Å². The van der Waals surface area contributed by atoms with E-state index in [0.717, 1.165) is 24.2 Å². The summed E-state index contributed by atoms with van der Waals surface area (Å²) in [7, 11) is 1.75. The van der Waals surface area contributed by atoms with E-state index in [9.17, 15) is 9.90 Å². The van der Waals surface area contributed by atoms with E-state index in [4.69, 9.17) is 0 Å². The molecule has 2 N–H and O–H groups in total. The number of nitrogens with zero attached hydrogens (tertiary/aromatic N) is 2. The third-order valence-corrected chi connectivity index (χ3v) is 3.56. The second-order valence-electron chi connectivity index (χ2n) is 5.92. The largest absolute Gasteiger partial charge is 0.383 e. The normalized spacial score (nSPS) is 12.8. The summed E-state index contributed by atoms with van der Waals surface area (Å²) < 4.78 is 0. The summed E-state index contributed by atoms with van der Waals surface area (Å²) in [5.41, 5.74) is 3.35. The first kappa shape index (κ1) is 16.7. The van der Waals surface area contributed by atoms with E-state index in [2.05, 4.69) is 10.2 Å². The van der Waals surface area contributed by atoms with Crippen LogP contribution in [0, 0.1) is 19.8 Å². The van der Waals surface area contributed by atoms with E-state index in [1.54, 1.807) is 11.9 Å². The SMILES string of the molecule is Cc1n[nH]c(C)c1CCCN(C)C(=O)[C@H](O)CC(C)C. The van der Waals surface area contributed by atoms with Gasteiger partial charge in [0.05, 0.1) is 5.69 Å². The van der Waals surface area contributed by atoms with Crippen LogP contribution in [0.1, 0.15) is 43.6 Å². The molecule has 1 aromatic rings. The predicted octanol–water partition coefficient (Wildman–Crippen LogP) is 1.82. The Morgan fingerprint density at radius 1 is 1.40 bits per heavy atom. The lowest BCUT2D eigenvalue weighted by atomic mass is 10.0. The highest BCUT2D eigenvalue weighted by Gasteiger charge is 2.20. The van der Waals surface area contributed by atoms with Crippen molar-refractivity contribution in [1.82, 2.24) is 15.1 Å². The standard InChI is InChI=1S/C15H27N3O2/c1-10(2)9-14(19)15(20)18(5)8-6-7-13-11(3)16-17-12(13)4/h10,14,19H,6-9H2,1-5H3,(H,16,17)/t14-/m1/s1. The number of amides is 1. The van der Waals surface area contributed by atoms with Crippen molar-refractivity contribution in [3.05, 3.63) is 17.0 Å². The number of aliphatic hydroxyl groups is 1. The van der Waals surface area contributed by atoms with Gasteiger partial charge in [0, 0.05) is 19.3 Å². The highest BCUT2D eigenvalue weighted by molar-refractivity contribution is 5.80.